The van der Waals surface area contributed by atoms with E-state index in [1.165, 1.54) is 12.8 Å². The molecule has 2 atom stereocenters. The summed E-state index contributed by atoms with van der Waals surface area (Å²) in [6, 6.07) is 9.98. The molecule has 1 fully saturated rings. The van der Waals surface area contributed by atoms with Crippen molar-refractivity contribution in [2.45, 2.75) is 18.1 Å². The van der Waals surface area contributed by atoms with E-state index in [-0.39, 0.29) is 11.2 Å². The molecule has 1 aliphatic rings. The molecule has 0 saturated carbocycles. The summed E-state index contributed by atoms with van der Waals surface area (Å²) in [5, 5.41) is 6.38. The van der Waals surface area contributed by atoms with Crippen molar-refractivity contribution in [1.29, 1.82) is 0 Å². The van der Waals surface area contributed by atoms with Gasteiger partial charge in [-0.3, -0.25) is 4.79 Å². The molecule has 1 amide bonds. The lowest BCUT2D eigenvalue weighted by atomic mass is 9.99. The van der Waals surface area contributed by atoms with Gasteiger partial charge in [-0.15, -0.1) is 11.8 Å². The van der Waals surface area contributed by atoms with Crippen LogP contribution in [-0.2, 0) is 4.79 Å². The molecular weight excluding hydrogens is 256 g/mol. The summed E-state index contributed by atoms with van der Waals surface area (Å²) in [6.07, 6.45) is 4.41. The number of hydrogen-bond acceptors (Lipinski definition) is 3. The molecule has 0 aliphatic carbocycles. The zero-order chi connectivity index (χ0) is 13.5. The van der Waals surface area contributed by atoms with Gasteiger partial charge in [-0.05, 0) is 43.7 Å². The molecule has 1 saturated heterocycles. The molecule has 4 heteroatoms. The number of carbonyl (C=O) groups is 1. The predicted molar refractivity (Wildman–Crippen MR) is 81.3 cm³/mol. The van der Waals surface area contributed by atoms with Crippen LogP contribution in [0.15, 0.2) is 30.3 Å². The van der Waals surface area contributed by atoms with Gasteiger partial charge >= 0.3 is 0 Å². The molecule has 2 unspecified atom stereocenters. The van der Waals surface area contributed by atoms with Crippen molar-refractivity contribution in [3.63, 3.8) is 0 Å². The van der Waals surface area contributed by atoms with Crippen LogP contribution in [0.25, 0.3) is 0 Å². The fraction of sp³-hybridized carbons (Fsp3) is 0.533. The van der Waals surface area contributed by atoms with Gasteiger partial charge in [-0.1, -0.05) is 30.3 Å². The Labute approximate surface area is 119 Å². The SMILES string of the molecule is CSC(C(=O)NCC1CCCNC1)c1ccccc1. The van der Waals surface area contributed by atoms with E-state index in [1.807, 2.05) is 36.6 Å². The molecule has 19 heavy (non-hydrogen) atoms. The van der Waals surface area contributed by atoms with Crippen LogP contribution in [-0.4, -0.2) is 31.8 Å². The molecule has 1 aromatic rings. The molecule has 2 rings (SSSR count). The quantitative estimate of drug-likeness (QED) is 0.867. The molecule has 0 aromatic heterocycles. The van der Waals surface area contributed by atoms with Crippen LogP contribution < -0.4 is 10.6 Å². The Hall–Kier alpha value is -1.00. The van der Waals surface area contributed by atoms with Gasteiger partial charge in [0.2, 0.25) is 5.91 Å². The third-order valence-corrected chi connectivity index (χ3v) is 4.50. The van der Waals surface area contributed by atoms with E-state index in [0.29, 0.717) is 5.92 Å². The van der Waals surface area contributed by atoms with E-state index in [1.54, 1.807) is 11.8 Å². The summed E-state index contributed by atoms with van der Waals surface area (Å²) in [4.78, 5) is 12.3. The van der Waals surface area contributed by atoms with E-state index in [2.05, 4.69) is 10.6 Å². The Bertz CT molecular complexity index is 390. The molecule has 0 bridgehead atoms. The van der Waals surface area contributed by atoms with Gasteiger partial charge in [0.15, 0.2) is 0 Å². The number of rotatable bonds is 5. The highest BCUT2D eigenvalue weighted by atomic mass is 32.2. The monoisotopic (exact) mass is 278 g/mol. The van der Waals surface area contributed by atoms with Crippen molar-refractivity contribution in [2.24, 2.45) is 5.92 Å². The van der Waals surface area contributed by atoms with Crippen molar-refractivity contribution >= 4 is 17.7 Å². The first-order valence-corrected chi connectivity index (χ1v) is 8.16. The maximum Gasteiger partial charge on any atom is 0.237 e. The summed E-state index contributed by atoms with van der Waals surface area (Å²) in [5.74, 6) is 0.709. The maximum atomic E-state index is 12.3. The van der Waals surface area contributed by atoms with Crippen LogP contribution in [0.2, 0.25) is 0 Å². The molecular formula is C15H22N2OS. The van der Waals surface area contributed by atoms with E-state index >= 15 is 0 Å². The van der Waals surface area contributed by atoms with Gasteiger partial charge in [0.05, 0.1) is 0 Å². The second kappa shape index (κ2) is 7.56. The molecule has 3 nitrogen and oxygen atoms in total. The van der Waals surface area contributed by atoms with Gasteiger partial charge < -0.3 is 10.6 Å². The Morgan fingerprint density at radius 2 is 2.26 bits per heavy atom. The minimum atomic E-state index is -0.0993. The first-order valence-electron chi connectivity index (χ1n) is 6.87. The van der Waals surface area contributed by atoms with Crippen LogP contribution in [0, 0.1) is 5.92 Å². The van der Waals surface area contributed by atoms with Gasteiger partial charge in [0, 0.05) is 6.54 Å². The lowest BCUT2D eigenvalue weighted by Crippen LogP contribution is -2.39. The van der Waals surface area contributed by atoms with Crippen molar-refractivity contribution in [1.82, 2.24) is 10.6 Å². The number of nitrogens with one attached hydrogen (secondary N) is 2. The van der Waals surface area contributed by atoms with Gasteiger partial charge in [-0.2, -0.15) is 0 Å². The highest BCUT2D eigenvalue weighted by Gasteiger charge is 2.20. The minimum Gasteiger partial charge on any atom is -0.355 e. The smallest absolute Gasteiger partial charge is 0.237 e. The second-order valence-corrected chi connectivity index (χ2v) is 5.93. The molecule has 1 heterocycles. The largest absolute Gasteiger partial charge is 0.355 e. The summed E-state index contributed by atoms with van der Waals surface area (Å²) < 4.78 is 0. The van der Waals surface area contributed by atoms with Crippen LogP contribution in [0.4, 0.5) is 0 Å². The first kappa shape index (κ1) is 14.4. The summed E-state index contributed by atoms with van der Waals surface area (Å²) in [7, 11) is 0. The molecule has 1 aliphatic heterocycles. The van der Waals surface area contributed by atoms with Crippen LogP contribution in [0.5, 0.6) is 0 Å². The zero-order valence-electron chi connectivity index (χ0n) is 11.4. The number of piperidine rings is 1. The number of benzene rings is 1. The molecule has 2 N–H and O–H groups in total. The summed E-state index contributed by atoms with van der Waals surface area (Å²) >= 11 is 1.59. The summed E-state index contributed by atoms with van der Waals surface area (Å²) in [6.45, 7) is 2.92. The van der Waals surface area contributed by atoms with Crippen molar-refractivity contribution in [3.8, 4) is 0 Å². The second-order valence-electron chi connectivity index (χ2n) is 4.98. The van der Waals surface area contributed by atoms with E-state index < -0.39 is 0 Å². The van der Waals surface area contributed by atoms with E-state index in [9.17, 15) is 4.79 Å². The highest BCUT2D eigenvalue weighted by molar-refractivity contribution is 7.99. The third-order valence-electron chi connectivity index (χ3n) is 3.54. The first-order chi connectivity index (χ1) is 9.31. The number of hydrogen-bond donors (Lipinski definition) is 2. The minimum absolute atomic E-state index is 0.0993. The van der Waals surface area contributed by atoms with Crippen molar-refractivity contribution < 1.29 is 4.79 Å². The lowest BCUT2D eigenvalue weighted by Gasteiger charge is -2.24. The maximum absolute atomic E-state index is 12.3. The average molecular weight is 278 g/mol. The average Bonchev–Trinajstić information content (AvgIpc) is 2.48. The van der Waals surface area contributed by atoms with Crippen LogP contribution in [0.1, 0.15) is 23.7 Å². The Morgan fingerprint density at radius 1 is 1.47 bits per heavy atom. The third kappa shape index (κ3) is 4.25. The van der Waals surface area contributed by atoms with Crippen LogP contribution in [0.3, 0.4) is 0 Å². The zero-order valence-corrected chi connectivity index (χ0v) is 12.2. The lowest BCUT2D eigenvalue weighted by molar-refractivity contribution is -0.120. The Morgan fingerprint density at radius 3 is 2.89 bits per heavy atom. The number of amides is 1. The van der Waals surface area contributed by atoms with E-state index in [0.717, 1.165) is 25.2 Å². The highest BCUT2D eigenvalue weighted by Crippen LogP contribution is 2.26. The van der Waals surface area contributed by atoms with Gasteiger partial charge in [0.1, 0.15) is 5.25 Å². The molecule has 1 aromatic carbocycles. The fourth-order valence-electron chi connectivity index (χ4n) is 2.46. The molecule has 0 spiro atoms. The Kier molecular flexibility index (Phi) is 5.73. The Balaban J connectivity index is 1.86. The number of thioether (sulfide) groups is 1. The standard InChI is InChI=1S/C15H22N2OS/c1-19-14(13-7-3-2-4-8-13)15(18)17-11-12-6-5-9-16-10-12/h2-4,7-8,12,14,16H,5-6,9-11H2,1H3,(H,17,18). The van der Waals surface area contributed by atoms with Gasteiger partial charge in [-0.25, -0.2) is 0 Å². The van der Waals surface area contributed by atoms with Crippen LogP contribution >= 0.6 is 11.8 Å². The summed E-state index contributed by atoms with van der Waals surface area (Å²) in [5.41, 5.74) is 1.08. The van der Waals surface area contributed by atoms with Crippen molar-refractivity contribution in [2.75, 3.05) is 25.9 Å². The molecule has 0 radical (unpaired) electrons. The van der Waals surface area contributed by atoms with Crippen molar-refractivity contribution in [3.05, 3.63) is 35.9 Å². The normalized spacial score (nSPS) is 20.8. The topological polar surface area (TPSA) is 41.1 Å². The molecule has 104 valence electrons. The van der Waals surface area contributed by atoms with Gasteiger partial charge in [0.25, 0.3) is 0 Å². The fourth-order valence-corrected chi connectivity index (χ4v) is 3.18. The van der Waals surface area contributed by atoms with E-state index in [4.69, 9.17) is 0 Å². The predicted octanol–water partition coefficient (Wildman–Crippen LogP) is 2.21. The number of carbonyl (C=O) groups excluding carboxylic acids is 1.